The van der Waals surface area contributed by atoms with Gasteiger partial charge in [-0.25, -0.2) is 4.79 Å². The molecule has 2 aliphatic heterocycles. The van der Waals surface area contributed by atoms with Crippen molar-refractivity contribution in [1.29, 1.82) is 0 Å². The summed E-state index contributed by atoms with van der Waals surface area (Å²) in [6, 6.07) is 6.21. The molecule has 10 nitrogen and oxygen atoms in total. The molecule has 1 aromatic rings. The first-order valence-electron chi connectivity index (χ1n) is 11.8. The normalized spacial score (nSPS) is 25.1. The van der Waals surface area contributed by atoms with Gasteiger partial charge in [-0.3, -0.25) is 24.7 Å². The Morgan fingerprint density at radius 1 is 1.21 bits per heavy atom. The van der Waals surface area contributed by atoms with Crippen molar-refractivity contribution >= 4 is 23.8 Å². The third-order valence-corrected chi connectivity index (χ3v) is 6.65. The van der Waals surface area contributed by atoms with Gasteiger partial charge in [-0.05, 0) is 50.8 Å². The second-order valence-corrected chi connectivity index (χ2v) is 9.16. The van der Waals surface area contributed by atoms with Crippen LogP contribution in [0, 0.1) is 5.92 Å². The molecular weight excluding hydrogens is 438 g/mol. The van der Waals surface area contributed by atoms with Gasteiger partial charge < -0.3 is 15.4 Å². The van der Waals surface area contributed by atoms with Crippen molar-refractivity contribution < 1.29 is 23.9 Å². The average molecular weight is 474 g/mol. The molecule has 3 atom stereocenters. The van der Waals surface area contributed by atoms with E-state index in [9.17, 15) is 19.2 Å². The topological polar surface area (TPSA) is 120 Å². The number of carbonyl (C=O) groups excluding carboxylic acids is 4. The molecule has 0 radical (unpaired) electrons. The number of hydrogen-bond acceptors (Lipinski definition) is 6. The van der Waals surface area contributed by atoms with E-state index in [0.29, 0.717) is 24.4 Å². The fourth-order valence-electron chi connectivity index (χ4n) is 4.35. The number of urea groups is 1. The average Bonchev–Trinajstić information content (AvgIpc) is 3.04. The Morgan fingerprint density at radius 3 is 2.56 bits per heavy atom. The molecular formula is C24H35N5O5. The smallest absolute Gasteiger partial charge is 0.344 e. The Morgan fingerprint density at radius 2 is 1.91 bits per heavy atom. The number of likely N-dealkylation sites (tertiary alicyclic amines) is 1. The van der Waals surface area contributed by atoms with Crippen molar-refractivity contribution in [3.05, 3.63) is 29.8 Å². The summed E-state index contributed by atoms with van der Waals surface area (Å²) in [6.07, 6.45) is 3.50. The lowest BCUT2D eigenvalue weighted by Gasteiger charge is -2.37. The zero-order valence-electron chi connectivity index (χ0n) is 20.3. The van der Waals surface area contributed by atoms with Gasteiger partial charge in [0.2, 0.25) is 5.91 Å². The monoisotopic (exact) mass is 473 g/mol. The first kappa shape index (κ1) is 25.5. The molecule has 5 amide bonds. The van der Waals surface area contributed by atoms with Crippen LogP contribution >= 0.6 is 0 Å². The second kappa shape index (κ2) is 10.9. The lowest BCUT2D eigenvalue weighted by Crippen LogP contribution is -2.54. The molecule has 2 heterocycles. The molecule has 3 unspecified atom stereocenters. The quantitative estimate of drug-likeness (QED) is 0.369. The van der Waals surface area contributed by atoms with E-state index in [2.05, 4.69) is 23.0 Å². The summed E-state index contributed by atoms with van der Waals surface area (Å²) in [5, 5.41) is 6.36. The number of rotatable bonds is 9. The number of piperidine rings is 1. The van der Waals surface area contributed by atoms with Gasteiger partial charge >= 0.3 is 6.03 Å². The van der Waals surface area contributed by atoms with Crippen molar-refractivity contribution in [2.75, 3.05) is 26.7 Å². The predicted octanol–water partition coefficient (Wildman–Crippen LogP) is 1.51. The van der Waals surface area contributed by atoms with E-state index in [0.717, 1.165) is 30.7 Å². The Bertz CT molecular complexity index is 921. The number of carbonyl (C=O) groups is 4. The van der Waals surface area contributed by atoms with Crippen LogP contribution in [-0.2, 0) is 19.9 Å². The third-order valence-electron chi connectivity index (χ3n) is 6.65. The number of amides is 5. The SMILES string of the molecule is CCCCNC(=O)C1CCC(C)N(CC(=O)NN2C(=O)NC(C)(c3ccc(OC)cc3)C2=O)C1. The Kier molecular flexibility index (Phi) is 8.14. The number of nitrogens with zero attached hydrogens (tertiary/aromatic N) is 2. The molecule has 2 saturated heterocycles. The maximum atomic E-state index is 13.1. The van der Waals surface area contributed by atoms with Gasteiger partial charge in [-0.2, -0.15) is 5.01 Å². The van der Waals surface area contributed by atoms with Gasteiger partial charge in [0.15, 0.2) is 0 Å². The minimum atomic E-state index is -1.31. The number of unbranched alkanes of at least 4 members (excludes halogenated alkanes) is 1. The fraction of sp³-hybridized carbons (Fsp3) is 0.583. The van der Waals surface area contributed by atoms with Crippen LogP contribution in [0.1, 0.15) is 52.0 Å². The fourth-order valence-corrected chi connectivity index (χ4v) is 4.35. The molecule has 0 bridgehead atoms. The van der Waals surface area contributed by atoms with Crippen LogP contribution in [0.25, 0.3) is 0 Å². The van der Waals surface area contributed by atoms with E-state index in [-0.39, 0.29) is 24.4 Å². The number of nitrogens with one attached hydrogen (secondary N) is 3. The number of imide groups is 1. The maximum absolute atomic E-state index is 13.1. The van der Waals surface area contributed by atoms with Crippen molar-refractivity contribution in [3.63, 3.8) is 0 Å². The highest BCUT2D eigenvalue weighted by Gasteiger charge is 2.50. The highest BCUT2D eigenvalue weighted by Crippen LogP contribution is 2.29. The van der Waals surface area contributed by atoms with E-state index >= 15 is 0 Å². The Labute approximate surface area is 200 Å². The number of benzene rings is 1. The minimum absolute atomic E-state index is 0.00937. The molecule has 2 aliphatic rings. The summed E-state index contributed by atoms with van der Waals surface area (Å²) in [7, 11) is 1.54. The zero-order valence-corrected chi connectivity index (χ0v) is 20.3. The van der Waals surface area contributed by atoms with Gasteiger partial charge in [0.05, 0.1) is 19.6 Å². The van der Waals surface area contributed by atoms with Crippen LogP contribution < -0.4 is 20.8 Å². The maximum Gasteiger partial charge on any atom is 0.344 e. The molecule has 2 fully saturated rings. The molecule has 0 saturated carbocycles. The standard InChI is InChI=1S/C24H35N5O5/c1-5-6-13-25-21(31)17-8-7-16(2)28(14-17)15-20(30)27-29-22(32)24(3,26-23(29)33)18-9-11-19(34-4)12-10-18/h9-12,16-17H,5-8,13-15H2,1-4H3,(H,25,31)(H,26,33)(H,27,30). The predicted molar refractivity (Wildman–Crippen MR) is 126 cm³/mol. The van der Waals surface area contributed by atoms with Gasteiger partial charge in [-0.1, -0.05) is 25.5 Å². The first-order valence-corrected chi connectivity index (χ1v) is 11.8. The summed E-state index contributed by atoms with van der Waals surface area (Å²) >= 11 is 0. The molecule has 3 N–H and O–H groups in total. The molecule has 10 heteroatoms. The van der Waals surface area contributed by atoms with E-state index in [1.54, 1.807) is 38.3 Å². The molecule has 0 aromatic heterocycles. The molecule has 186 valence electrons. The van der Waals surface area contributed by atoms with Crippen LogP contribution in [0.3, 0.4) is 0 Å². The van der Waals surface area contributed by atoms with Gasteiger partial charge in [0.25, 0.3) is 11.8 Å². The van der Waals surface area contributed by atoms with Crippen LogP contribution in [0.5, 0.6) is 5.75 Å². The van der Waals surface area contributed by atoms with E-state index in [1.165, 1.54) is 0 Å². The number of ether oxygens (including phenoxy) is 1. The van der Waals surface area contributed by atoms with E-state index < -0.39 is 23.4 Å². The molecule has 3 rings (SSSR count). The largest absolute Gasteiger partial charge is 0.497 e. The lowest BCUT2D eigenvalue weighted by atomic mass is 9.92. The molecule has 0 spiro atoms. The Balaban J connectivity index is 1.60. The first-order chi connectivity index (χ1) is 16.2. The van der Waals surface area contributed by atoms with E-state index in [1.807, 2.05) is 11.8 Å². The van der Waals surface area contributed by atoms with Gasteiger partial charge in [0.1, 0.15) is 11.3 Å². The summed E-state index contributed by atoms with van der Waals surface area (Å²) < 4.78 is 5.14. The summed E-state index contributed by atoms with van der Waals surface area (Å²) in [5.41, 5.74) is 1.71. The van der Waals surface area contributed by atoms with Crippen molar-refractivity contribution in [2.45, 2.75) is 58.0 Å². The summed E-state index contributed by atoms with van der Waals surface area (Å²) in [5.74, 6) is -0.606. The van der Waals surface area contributed by atoms with Gasteiger partial charge in [-0.15, -0.1) is 0 Å². The molecule has 1 aromatic carbocycles. The number of hydrogen-bond donors (Lipinski definition) is 3. The van der Waals surface area contributed by atoms with Crippen LogP contribution in [-0.4, -0.2) is 66.4 Å². The van der Waals surface area contributed by atoms with Crippen LogP contribution in [0.15, 0.2) is 24.3 Å². The lowest BCUT2D eigenvalue weighted by molar-refractivity contribution is -0.140. The van der Waals surface area contributed by atoms with Gasteiger partial charge in [0, 0.05) is 19.1 Å². The van der Waals surface area contributed by atoms with Crippen molar-refractivity contribution in [1.82, 2.24) is 26.0 Å². The van der Waals surface area contributed by atoms with E-state index in [4.69, 9.17) is 4.74 Å². The zero-order chi connectivity index (χ0) is 24.9. The van der Waals surface area contributed by atoms with Crippen LogP contribution in [0.2, 0.25) is 0 Å². The molecule has 0 aliphatic carbocycles. The van der Waals surface area contributed by atoms with Crippen LogP contribution in [0.4, 0.5) is 4.79 Å². The van der Waals surface area contributed by atoms with Crippen molar-refractivity contribution in [3.8, 4) is 5.75 Å². The number of methoxy groups -OCH3 is 1. The highest BCUT2D eigenvalue weighted by atomic mass is 16.5. The minimum Gasteiger partial charge on any atom is -0.497 e. The highest BCUT2D eigenvalue weighted by molar-refractivity contribution is 6.08. The Hall–Kier alpha value is -3.14. The number of hydrazine groups is 1. The third kappa shape index (κ3) is 5.49. The summed E-state index contributed by atoms with van der Waals surface area (Å²) in [6.45, 7) is 6.76. The summed E-state index contributed by atoms with van der Waals surface area (Å²) in [4.78, 5) is 52.8. The second-order valence-electron chi connectivity index (χ2n) is 9.16. The molecule has 34 heavy (non-hydrogen) atoms. The van der Waals surface area contributed by atoms with Crippen molar-refractivity contribution in [2.24, 2.45) is 5.92 Å².